The Morgan fingerprint density at radius 3 is 2.68 bits per heavy atom. The molecule has 5 heterocycles. The third kappa shape index (κ3) is 3.61. The molecule has 0 fully saturated rings. The first-order valence-corrected chi connectivity index (χ1v) is 11.6. The number of H-pyrrole nitrogens is 1. The van der Waals surface area contributed by atoms with Gasteiger partial charge >= 0.3 is 0 Å². The number of aryl methyl sites for hydroxylation is 1. The van der Waals surface area contributed by atoms with E-state index in [2.05, 4.69) is 25.1 Å². The molecule has 186 valence electrons. The highest BCUT2D eigenvalue weighted by atomic mass is 35.5. The Hall–Kier alpha value is -4.38. The van der Waals surface area contributed by atoms with Gasteiger partial charge in [0, 0.05) is 17.4 Å². The second kappa shape index (κ2) is 8.63. The van der Waals surface area contributed by atoms with Crippen LogP contribution in [0.1, 0.15) is 45.6 Å². The van der Waals surface area contributed by atoms with Gasteiger partial charge in [-0.25, -0.2) is 18.7 Å². The number of nitrogens with zero attached hydrogens (tertiary/aromatic N) is 6. The molecule has 0 radical (unpaired) electrons. The molecular weight excluding hydrogens is 504 g/mol. The summed E-state index contributed by atoms with van der Waals surface area (Å²) in [4.78, 5) is 27.4. The molecule has 0 saturated carbocycles. The summed E-state index contributed by atoms with van der Waals surface area (Å²) in [6, 6.07) is 11.7. The summed E-state index contributed by atoms with van der Waals surface area (Å²) in [5, 5.41) is 8.05. The lowest BCUT2D eigenvalue weighted by molar-refractivity contribution is 0.0989. The first-order valence-electron chi connectivity index (χ1n) is 11.2. The number of carbonyl (C=O) groups excluding carboxylic acids is 1. The SMILES string of the molecule is COc1ncccc1-c1nc2c([nH]1)C(c1ccc(Cl)cc1)N(c1cc(C)c3nnc(C(F)F)n3c1)C2=O. The van der Waals surface area contributed by atoms with E-state index >= 15 is 0 Å². The van der Waals surface area contributed by atoms with E-state index in [1.807, 2.05) is 12.1 Å². The van der Waals surface area contributed by atoms with Crippen LogP contribution >= 0.6 is 11.6 Å². The molecule has 0 spiro atoms. The number of hydrogen-bond acceptors (Lipinski definition) is 6. The highest BCUT2D eigenvalue weighted by Crippen LogP contribution is 2.43. The second-order valence-corrected chi connectivity index (χ2v) is 8.91. The van der Waals surface area contributed by atoms with E-state index < -0.39 is 24.2 Å². The number of alkyl halides is 2. The summed E-state index contributed by atoms with van der Waals surface area (Å²) in [6.07, 6.45) is 0.207. The number of aromatic amines is 1. The summed E-state index contributed by atoms with van der Waals surface area (Å²) in [6.45, 7) is 1.73. The van der Waals surface area contributed by atoms with Crippen molar-refractivity contribution in [2.75, 3.05) is 12.0 Å². The van der Waals surface area contributed by atoms with Gasteiger partial charge in [0.2, 0.25) is 11.7 Å². The normalized spacial score (nSPS) is 15.1. The Bertz CT molecular complexity index is 1670. The summed E-state index contributed by atoms with van der Waals surface area (Å²) in [5.74, 6) is -0.120. The number of fused-ring (bicyclic) bond motifs is 2. The average molecular weight is 522 g/mol. The largest absolute Gasteiger partial charge is 0.480 e. The molecule has 1 atom stereocenters. The summed E-state index contributed by atoms with van der Waals surface area (Å²) in [5.41, 5.74) is 3.36. The molecule has 1 unspecified atom stereocenters. The van der Waals surface area contributed by atoms with E-state index in [0.29, 0.717) is 39.2 Å². The molecule has 1 aliphatic rings. The van der Waals surface area contributed by atoms with Gasteiger partial charge in [-0.15, -0.1) is 10.2 Å². The van der Waals surface area contributed by atoms with Crippen LogP contribution in [0.15, 0.2) is 54.9 Å². The fourth-order valence-electron chi connectivity index (χ4n) is 4.63. The van der Waals surface area contributed by atoms with Crippen LogP contribution in [0, 0.1) is 6.92 Å². The maximum absolute atomic E-state index is 13.8. The lowest BCUT2D eigenvalue weighted by atomic mass is 10.0. The Morgan fingerprint density at radius 1 is 1.16 bits per heavy atom. The monoisotopic (exact) mass is 521 g/mol. The summed E-state index contributed by atoms with van der Waals surface area (Å²) >= 11 is 6.13. The van der Waals surface area contributed by atoms with E-state index in [-0.39, 0.29) is 11.3 Å². The van der Waals surface area contributed by atoms with Gasteiger partial charge in [-0.3, -0.25) is 14.1 Å². The molecule has 1 aromatic carbocycles. The van der Waals surface area contributed by atoms with E-state index in [0.717, 1.165) is 5.56 Å². The first-order chi connectivity index (χ1) is 17.9. The van der Waals surface area contributed by atoms with Crippen LogP contribution in [0.5, 0.6) is 5.88 Å². The number of aromatic nitrogens is 6. The second-order valence-electron chi connectivity index (χ2n) is 8.47. The number of carbonyl (C=O) groups is 1. The van der Waals surface area contributed by atoms with Gasteiger partial charge in [-0.05, 0) is 48.4 Å². The van der Waals surface area contributed by atoms with Crippen LogP contribution < -0.4 is 9.64 Å². The molecule has 6 rings (SSSR count). The Labute approximate surface area is 213 Å². The number of ether oxygens (including phenoxy) is 1. The Kier molecular flexibility index (Phi) is 5.37. The zero-order valence-electron chi connectivity index (χ0n) is 19.5. The van der Waals surface area contributed by atoms with Gasteiger partial charge in [0.15, 0.2) is 11.3 Å². The Balaban J connectivity index is 1.54. The van der Waals surface area contributed by atoms with Crippen molar-refractivity contribution >= 4 is 28.8 Å². The van der Waals surface area contributed by atoms with Crippen LogP contribution in [-0.2, 0) is 0 Å². The number of halogens is 3. The average Bonchev–Trinajstić information content (AvgIpc) is 3.58. The summed E-state index contributed by atoms with van der Waals surface area (Å²) < 4.78 is 33.8. The number of hydrogen-bond donors (Lipinski definition) is 1. The molecule has 0 bridgehead atoms. The van der Waals surface area contributed by atoms with E-state index in [9.17, 15) is 13.6 Å². The lowest BCUT2D eigenvalue weighted by Crippen LogP contribution is -2.29. The zero-order chi connectivity index (χ0) is 25.8. The minimum Gasteiger partial charge on any atom is -0.480 e. The summed E-state index contributed by atoms with van der Waals surface area (Å²) in [7, 11) is 1.50. The van der Waals surface area contributed by atoms with Crippen molar-refractivity contribution < 1.29 is 18.3 Å². The molecule has 12 heteroatoms. The Morgan fingerprint density at radius 2 is 1.95 bits per heavy atom. The molecule has 0 saturated heterocycles. The topological polar surface area (TPSA) is 101 Å². The fraction of sp³-hybridized carbons (Fsp3) is 0.160. The smallest absolute Gasteiger partial charge is 0.297 e. The third-order valence-corrected chi connectivity index (χ3v) is 6.52. The highest BCUT2D eigenvalue weighted by molar-refractivity contribution is 6.30. The van der Waals surface area contributed by atoms with Crippen LogP contribution in [0.25, 0.3) is 17.0 Å². The molecule has 1 amide bonds. The van der Waals surface area contributed by atoms with E-state index in [4.69, 9.17) is 16.3 Å². The molecule has 37 heavy (non-hydrogen) atoms. The predicted molar refractivity (Wildman–Crippen MR) is 131 cm³/mol. The van der Waals surface area contributed by atoms with Crippen molar-refractivity contribution in [1.29, 1.82) is 0 Å². The number of methoxy groups -OCH3 is 1. The first kappa shape index (κ1) is 23.0. The maximum Gasteiger partial charge on any atom is 0.297 e. The van der Waals surface area contributed by atoms with Crippen molar-refractivity contribution in [1.82, 2.24) is 29.5 Å². The van der Waals surface area contributed by atoms with E-state index in [1.165, 1.54) is 22.6 Å². The van der Waals surface area contributed by atoms with Crippen LogP contribution in [0.4, 0.5) is 14.5 Å². The molecule has 1 aliphatic heterocycles. The predicted octanol–water partition coefficient (Wildman–Crippen LogP) is 5.17. The number of rotatable bonds is 5. The molecule has 0 aliphatic carbocycles. The van der Waals surface area contributed by atoms with Gasteiger partial charge in [-0.2, -0.15) is 0 Å². The number of amides is 1. The third-order valence-electron chi connectivity index (χ3n) is 6.26. The highest BCUT2D eigenvalue weighted by Gasteiger charge is 2.43. The van der Waals surface area contributed by atoms with Gasteiger partial charge in [0.1, 0.15) is 11.9 Å². The van der Waals surface area contributed by atoms with Crippen molar-refractivity contribution in [3.63, 3.8) is 0 Å². The molecule has 4 aromatic heterocycles. The minimum absolute atomic E-state index is 0.205. The number of pyridine rings is 2. The van der Waals surface area contributed by atoms with Crippen molar-refractivity contribution in [2.45, 2.75) is 19.4 Å². The standard InChI is InChI=1S/C25H18ClF2N7O2/c1-12-10-15(11-34-22(12)32-33-23(34)20(27)28)35-19(13-5-7-14(26)8-6-13)17-18(25(35)36)31-21(30-17)16-4-3-9-29-24(16)37-2/h3-11,19-20H,1-2H3,(H,30,31). The fourth-order valence-corrected chi connectivity index (χ4v) is 4.76. The molecule has 1 N–H and O–H groups in total. The maximum atomic E-state index is 13.8. The van der Waals surface area contributed by atoms with E-state index in [1.54, 1.807) is 43.5 Å². The number of nitrogens with one attached hydrogen (secondary N) is 1. The zero-order valence-corrected chi connectivity index (χ0v) is 20.2. The molecule has 9 nitrogen and oxygen atoms in total. The van der Waals surface area contributed by atoms with Gasteiger partial charge < -0.3 is 9.72 Å². The minimum atomic E-state index is -2.84. The quantitative estimate of drug-likeness (QED) is 0.342. The number of imidazole rings is 1. The van der Waals surface area contributed by atoms with Gasteiger partial charge in [0.25, 0.3) is 12.3 Å². The van der Waals surface area contributed by atoms with Crippen molar-refractivity contribution in [3.05, 3.63) is 88.2 Å². The number of anilines is 1. The molecular formula is C25H18ClF2N7O2. The van der Waals surface area contributed by atoms with Crippen molar-refractivity contribution in [2.24, 2.45) is 0 Å². The van der Waals surface area contributed by atoms with Crippen LogP contribution in [-0.4, -0.2) is 42.6 Å². The number of benzene rings is 1. The van der Waals surface area contributed by atoms with Crippen molar-refractivity contribution in [3.8, 4) is 17.3 Å². The van der Waals surface area contributed by atoms with Crippen LogP contribution in [0.3, 0.4) is 0 Å². The van der Waals surface area contributed by atoms with Crippen LogP contribution in [0.2, 0.25) is 5.02 Å². The lowest BCUT2D eigenvalue weighted by Gasteiger charge is -2.26. The molecule has 5 aromatic rings. The van der Waals surface area contributed by atoms with Gasteiger partial charge in [0.05, 0.1) is 24.1 Å². The van der Waals surface area contributed by atoms with Gasteiger partial charge in [-0.1, -0.05) is 23.7 Å².